The van der Waals surface area contributed by atoms with Gasteiger partial charge in [-0.25, -0.2) is 4.99 Å². The maximum absolute atomic E-state index is 12.6. The molecule has 2 amide bonds. The predicted octanol–water partition coefficient (Wildman–Crippen LogP) is 3.13. The SMILES string of the molecule is CCNC(=NCc1ccc(C(=O)N2CCNC(=O)C2)cc1)N(C)Cc1ccc(Cl)cc1.I. The fraction of sp³-hybridized carbons (Fsp3) is 0.348. The molecule has 9 heteroatoms. The summed E-state index contributed by atoms with van der Waals surface area (Å²) in [7, 11) is 1.99. The van der Waals surface area contributed by atoms with Gasteiger partial charge < -0.3 is 20.4 Å². The molecule has 32 heavy (non-hydrogen) atoms. The van der Waals surface area contributed by atoms with E-state index in [0.29, 0.717) is 31.7 Å². The van der Waals surface area contributed by atoms with Crippen LogP contribution in [-0.4, -0.2) is 60.8 Å². The van der Waals surface area contributed by atoms with Crippen molar-refractivity contribution in [3.63, 3.8) is 0 Å². The van der Waals surface area contributed by atoms with Crippen molar-refractivity contribution in [1.82, 2.24) is 20.4 Å². The van der Waals surface area contributed by atoms with E-state index in [4.69, 9.17) is 16.6 Å². The van der Waals surface area contributed by atoms with E-state index < -0.39 is 0 Å². The number of guanidine groups is 1. The smallest absolute Gasteiger partial charge is 0.254 e. The van der Waals surface area contributed by atoms with Gasteiger partial charge in [-0.05, 0) is 42.3 Å². The molecule has 0 atom stereocenters. The zero-order chi connectivity index (χ0) is 22.2. The monoisotopic (exact) mass is 569 g/mol. The summed E-state index contributed by atoms with van der Waals surface area (Å²) in [4.78, 5) is 32.5. The molecule has 0 aliphatic carbocycles. The van der Waals surface area contributed by atoms with Crippen molar-refractivity contribution in [2.24, 2.45) is 4.99 Å². The van der Waals surface area contributed by atoms with Crippen LogP contribution in [-0.2, 0) is 17.9 Å². The number of carbonyl (C=O) groups is 2. The Hall–Kier alpha value is -2.33. The third kappa shape index (κ3) is 7.37. The van der Waals surface area contributed by atoms with E-state index in [-0.39, 0.29) is 42.3 Å². The van der Waals surface area contributed by atoms with Crippen molar-refractivity contribution in [1.29, 1.82) is 0 Å². The first kappa shape index (κ1) is 25.9. The Labute approximate surface area is 211 Å². The lowest BCUT2D eigenvalue weighted by Gasteiger charge is -2.26. The van der Waals surface area contributed by atoms with Crippen molar-refractivity contribution in [3.05, 3.63) is 70.2 Å². The van der Waals surface area contributed by atoms with Crippen molar-refractivity contribution >= 4 is 53.4 Å². The molecule has 1 aliphatic rings. The van der Waals surface area contributed by atoms with Crippen molar-refractivity contribution in [2.45, 2.75) is 20.0 Å². The Kier molecular flexibility index (Phi) is 10.2. The summed E-state index contributed by atoms with van der Waals surface area (Å²) < 4.78 is 0. The van der Waals surface area contributed by atoms with Crippen molar-refractivity contribution in [3.8, 4) is 0 Å². The Bertz CT molecular complexity index is 934. The molecule has 0 radical (unpaired) electrons. The topological polar surface area (TPSA) is 77.0 Å². The molecule has 1 aliphatic heterocycles. The minimum absolute atomic E-state index is 0. The van der Waals surface area contributed by atoms with Gasteiger partial charge in [0.15, 0.2) is 5.96 Å². The summed E-state index contributed by atoms with van der Waals surface area (Å²) in [5, 5.41) is 6.76. The van der Waals surface area contributed by atoms with Crippen LogP contribution in [0, 0.1) is 0 Å². The highest BCUT2D eigenvalue weighted by Gasteiger charge is 2.22. The molecular weight excluding hydrogens is 541 g/mol. The summed E-state index contributed by atoms with van der Waals surface area (Å²) >= 11 is 5.97. The second-order valence-corrected chi connectivity index (χ2v) is 7.86. The van der Waals surface area contributed by atoms with Gasteiger partial charge in [0.1, 0.15) is 0 Å². The molecule has 1 fully saturated rings. The number of aliphatic imine (C=N–C) groups is 1. The van der Waals surface area contributed by atoms with Crippen LogP contribution in [0.1, 0.15) is 28.4 Å². The maximum atomic E-state index is 12.6. The molecule has 0 aromatic heterocycles. The van der Waals surface area contributed by atoms with Crippen LogP contribution in [0.15, 0.2) is 53.5 Å². The molecule has 0 saturated carbocycles. The second kappa shape index (κ2) is 12.6. The summed E-state index contributed by atoms with van der Waals surface area (Å²) in [6.45, 7) is 5.13. The van der Waals surface area contributed by atoms with Crippen molar-refractivity contribution in [2.75, 3.05) is 33.2 Å². The highest BCUT2D eigenvalue weighted by atomic mass is 127. The normalized spacial score (nSPS) is 13.8. The number of nitrogens with one attached hydrogen (secondary N) is 2. The molecule has 1 saturated heterocycles. The fourth-order valence-corrected chi connectivity index (χ4v) is 3.45. The number of piperazine rings is 1. The van der Waals surface area contributed by atoms with Crippen LogP contribution in [0.4, 0.5) is 0 Å². The lowest BCUT2D eigenvalue weighted by molar-refractivity contribution is -0.123. The molecular formula is C23H29ClIN5O2. The summed E-state index contributed by atoms with van der Waals surface area (Å²) in [6.07, 6.45) is 0. The first-order chi connectivity index (χ1) is 15.0. The van der Waals surface area contributed by atoms with Gasteiger partial charge in [-0.2, -0.15) is 0 Å². The minimum Gasteiger partial charge on any atom is -0.357 e. The number of hydrogen-bond donors (Lipinski definition) is 2. The largest absolute Gasteiger partial charge is 0.357 e. The van der Waals surface area contributed by atoms with E-state index >= 15 is 0 Å². The number of halogens is 2. The van der Waals surface area contributed by atoms with Crippen LogP contribution in [0.2, 0.25) is 5.02 Å². The average molecular weight is 570 g/mol. The average Bonchev–Trinajstić information content (AvgIpc) is 2.78. The van der Waals surface area contributed by atoms with Crippen molar-refractivity contribution < 1.29 is 9.59 Å². The highest BCUT2D eigenvalue weighted by Crippen LogP contribution is 2.12. The summed E-state index contributed by atoms with van der Waals surface area (Å²) in [5.41, 5.74) is 2.73. The van der Waals surface area contributed by atoms with E-state index in [0.717, 1.165) is 28.7 Å². The quantitative estimate of drug-likeness (QED) is 0.319. The Balaban J connectivity index is 0.00000363. The molecule has 0 spiro atoms. The fourth-order valence-electron chi connectivity index (χ4n) is 3.32. The molecule has 172 valence electrons. The van der Waals surface area contributed by atoms with Gasteiger partial charge in [0.25, 0.3) is 5.91 Å². The third-order valence-corrected chi connectivity index (χ3v) is 5.22. The van der Waals surface area contributed by atoms with E-state index in [1.165, 1.54) is 0 Å². The zero-order valence-electron chi connectivity index (χ0n) is 18.3. The third-order valence-electron chi connectivity index (χ3n) is 4.97. The summed E-state index contributed by atoms with van der Waals surface area (Å²) in [6, 6.07) is 15.2. The molecule has 2 N–H and O–H groups in total. The van der Waals surface area contributed by atoms with Crippen LogP contribution < -0.4 is 10.6 Å². The van der Waals surface area contributed by atoms with Crippen LogP contribution in [0.3, 0.4) is 0 Å². The molecule has 2 aromatic rings. The second-order valence-electron chi connectivity index (χ2n) is 7.43. The van der Waals surface area contributed by atoms with Gasteiger partial charge in [0.05, 0.1) is 13.1 Å². The van der Waals surface area contributed by atoms with Gasteiger partial charge in [0.2, 0.25) is 5.91 Å². The van der Waals surface area contributed by atoms with Crippen LogP contribution >= 0.6 is 35.6 Å². The van der Waals surface area contributed by atoms with E-state index in [9.17, 15) is 9.59 Å². The first-order valence-corrected chi connectivity index (χ1v) is 10.7. The number of benzene rings is 2. The number of carbonyl (C=O) groups excluding carboxylic acids is 2. The lowest BCUT2D eigenvalue weighted by atomic mass is 10.1. The molecule has 3 rings (SSSR count). The molecule has 7 nitrogen and oxygen atoms in total. The standard InChI is InChI=1S/C23H28ClN5O2.HI/c1-3-25-23(28(2)15-18-6-10-20(24)11-7-18)27-14-17-4-8-19(9-5-17)22(31)29-13-12-26-21(30)16-29;/h4-11H,3,12-16H2,1-2H3,(H,25,27)(H,26,30);1H. The van der Waals surface area contributed by atoms with E-state index in [2.05, 4.69) is 15.5 Å². The van der Waals surface area contributed by atoms with E-state index in [1.807, 2.05) is 50.4 Å². The number of amides is 2. The highest BCUT2D eigenvalue weighted by molar-refractivity contribution is 14.0. The predicted molar refractivity (Wildman–Crippen MR) is 139 cm³/mol. The minimum atomic E-state index is -0.124. The Morgan fingerprint density at radius 1 is 1.16 bits per heavy atom. The van der Waals surface area contributed by atoms with Gasteiger partial charge in [0, 0.05) is 43.8 Å². The first-order valence-electron chi connectivity index (χ1n) is 10.3. The van der Waals surface area contributed by atoms with Gasteiger partial charge in [-0.1, -0.05) is 35.9 Å². The lowest BCUT2D eigenvalue weighted by Crippen LogP contribution is -2.49. The van der Waals surface area contributed by atoms with Gasteiger partial charge in [-0.15, -0.1) is 24.0 Å². The Morgan fingerprint density at radius 3 is 2.44 bits per heavy atom. The number of rotatable bonds is 6. The van der Waals surface area contributed by atoms with Crippen LogP contribution in [0.5, 0.6) is 0 Å². The zero-order valence-corrected chi connectivity index (χ0v) is 21.4. The maximum Gasteiger partial charge on any atom is 0.254 e. The van der Waals surface area contributed by atoms with E-state index in [1.54, 1.807) is 17.0 Å². The Morgan fingerprint density at radius 2 is 1.81 bits per heavy atom. The summed E-state index contributed by atoms with van der Waals surface area (Å²) in [5.74, 6) is 0.558. The number of nitrogens with zero attached hydrogens (tertiary/aromatic N) is 3. The van der Waals surface area contributed by atoms with Gasteiger partial charge in [-0.3, -0.25) is 9.59 Å². The van der Waals surface area contributed by atoms with Crippen LogP contribution in [0.25, 0.3) is 0 Å². The molecule has 2 aromatic carbocycles. The molecule has 1 heterocycles. The number of hydrogen-bond acceptors (Lipinski definition) is 3. The molecule has 0 bridgehead atoms. The molecule has 0 unspecified atom stereocenters. The van der Waals surface area contributed by atoms with Gasteiger partial charge >= 0.3 is 0 Å².